The first kappa shape index (κ1) is 21.7. The Balaban J connectivity index is 1.54. The highest BCUT2D eigenvalue weighted by molar-refractivity contribution is 6.00. The summed E-state index contributed by atoms with van der Waals surface area (Å²) in [6, 6.07) is 3.17. The van der Waals surface area contributed by atoms with E-state index in [0.717, 1.165) is 0 Å². The number of rotatable bonds is 4. The van der Waals surface area contributed by atoms with Crippen molar-refractivity contribution >= 4 is 11.9 Å². The monoisotopic (exact) mass is 449 g/mol. The van der Waals surface area contributed by atoms with Crippen molar-refractivity contribution in [3.05, 3.63) is 60.0 Å². The molecule has 1 N–H and O–H groups in total. The van der Waals surface area contributed by atoms with Gasteiger partial charge in [-0.2, -0.15) is 13.2 Å². The summed E-state index contributed by atoms with van der Waals surface area (Å²) in [5.41, 5.74) is -0.451. The fourth-order valence-corrected chi connectivity index (χ4v) is 3.73. The molecule has 2 unspecified atom stereocenters. The van der Waals surface area contributed by atoms with Crippen LogP contribution in [0, 0.1) is 5.82 Å². The number of amides is 1. The molecular weight excluding hydrogens is 430 g/mol. The van der Waals surface area contributed by atoms with E-state index in [1.807, 2.05) is 6.92 Å². The smallest absolute Gasteiger partial charge is 0.419 e. The molecule has 1 amide bonds. The van der Waals surface area contributed by atoms with Crippen LogP contribution in [-0.2, 0) is 6.18 Å². The zero-order chi connectivity index (χ0) is 22.9. The molecule has 4 rings (SSSR count). The summed E-state index contributed by atoms with van der Waals surface area (Å²) < 4.78 is 57.3. The number of anilines is 1. The van der Waals surface area contributed by atoms with Gasteiger partial charge in [0.15, 0.2) is 0 Å². The lowest BCUT2D eigenvalue weighted by Crippen LogP contribution is -2.52. The lowest BCUT2D eigenvalue weighted by atomic mass is 9.95. The Morgan fingerprint density at radius 2 is 1.97 bits per heavy atom. The average molecular weight is 449 g/mol. The first-order valence-corrected chi connectivity index (χ1v) is 9.90. The van der Waals surface area contributed by atoms with Gasteiger partial charge in [0.05, 0.1) is 22.9 Å². The molecule has 1 aliphatic rings. The van der Waals surface area contributed by atoms with Crippen LogP contribution in [0.5, 0.6) is 0 Å². The molecule has 7 nitrogen and oxygen atoms in total. The Morgan fingerprint density at radius 1 is 1.22 bits per heavy atom. The molecule has 1 fully saturated rings. The lowest BCUT2D eigenvalue weighted by molar-refractivity contribution is -0.138. The van der Waals surface area contributed by atoms with Crippen molar-refractivity contribution in [1.29, 1.82) is 0 Å². The number of carbonyl (C=O) groups is 1. The topological polar surface area (TPSA) is 84.2 Å². The van der Waals surface area contributed by atoms with Gasteiger partial charge >= 0.3 is 6.18 Å². The maximum atomic E-state index is 13.8. The van der Waals surface area contributed by atoms with Crippen LogP contribution in [-0.4, -0.2) is 44.4 Å². The van der Waals surface area contributed by atoms with Crippen LogP contribution in [0.25, 0.3) is 11.5 Å². The number of benzene rings is 1. The molecular formula is C21H19F4N5O2. The molecule has 168 valence electrons. The van der Waals surface area contributed by atoms with E-state index in [4.69, 9.17) is 4.42 Å². The third kappa shape index (κ3) is 4.41. The van der Waals surface area contributed by atoms with Crippen molar-refractivity contribution in [2.24, 2.45) is 0 Å². The number of hydrogen-bond donors (Lipinski definition) is 1. The Kier molecular flexibility index (Phi) is 5.81. The normalized spacial score (nSPS) is 19.1. The third-order valence-corrected chi connectivity index (χ3v) is 5.42. The summed E-state index contributed by atoms with van der Waals surface area (Å²) in [5, 5.41) is 3.02. The van der Waals surface area contributed by atoms with Crippen molar-refractivity contribution in [1.82, 2.24) is 19.9 Å². The number of likely N-dealkylation sites (tertiary alicyclic amines) is 1. The van der Waals surface area contributed by atoms with E-state index in [1.54, 1.807) is 4.90 Å². The maximum absolute atomic E-state index is 13.8. The fourth-order valence-electron chi connectivity index (χ4n) is 3.73. The van der Waals surface area contributed by atoms with E-state index in [9.17, 15) is 22.4 Å². The number of aromatic nitrogens is 3. The molecule has 2 aromatic heterocycles. The largest absolute Gasteiger partial charge is 0.445 e. The standard InChI is InChI=1S/C21H19F4N5O2/c1-12-17(29-20-27-10-13(11-28-20)21(23,24)25)3-2-7-30(12)19(31)15-5-4-14(22)9-16(15)18-26-6-8-32-18/h4-6,8-12,17H,2-3,7H2,1H3,(H,27,28,29). The van der Waals surface area contributed by atoms with Gasteiger partial charge in [-0.1, -0.05) is 0 Å². The van der Waals surface area contributed by atoms with Gasteiger partial charge in [-0.05, 0) is 38.0 Å². The van der Waals surface area contributed by atoms with Crippen molar-refractivity contribution in [2.75, 3.05) is 11.9 Å². The highest BCUT2D eigenvalue weighted by Crippen LogP contribution is 2.30. The van der Waals surface area contributed by atoms with E-state index >= 15 is 0 Å². The summed E-state index contributed by atoms with van der Waals surface area (Å²) in [5.74, 6) is -0.678. The van der Waals surface area contributed by atoms with E-state index in [-0.39, 0.29) is 41.0 Å². The number of halogens is 4. The number of alkyl halides is 3. The first-order valence-electron chi connectivity index (χ1n) is 9.90. The van der Waals surface area contributed by atoms with Crippen LogP contribution in [0.2, 0.25) is 0 Å². The maximum Gasteiger partial charge on any atom is 0.419 e. The van der Waals surface area contributed by atoms with Crippen LogP contribution in [0.15, 0.2) is 47.5 Å². The number of piperidine rings is 1. The van der Waals surface area contributed by atoms with E-state index in [2.05, 4.69) is 20.3 Å². The Morgan fingerprint density at radius 3 is 2.62 bits per heavy atom. The van der Waals surface area contributed by atoms with E-state index in [1.165, 1.54) is 30.7 Å². The molecule has 0 bridgehead atoms. The molecule has 0 radical (unpaired) electrons. The molecule has 0 saturated carbocycles. The number of nitrogens with zero attached hydrogens (tertiary/aromatic N) is 4. The quantitative estimate of drug-likeness (QED) is 0.595. The van der Waals surface area contributed by atoms with Crippen LogP contribution >= 0.6 is 0 Å². The number of nitrogens with one attached hydrogen (secondary N) is 1. The molecule has 32 heavy (non-hydrogen) atoms. The SMILES string of the molecule is CC1C(Nc2ncc(C(F)(F)F)cn2)CCCN1C(=O)c1ccc(F)cc1-c1ncco1. The van der Waals surface area contributed by atoms with Gasteiger partial charge in [0.25, 0.3) is 5.91 Å². The predicted molar refractivity (Wildman–Crippen MR) is 106 cm³/mol. The Bertz CT molecular complexity index is 1090. The molecule has 3 heterocycles. The molecule has 0 aliphatic carbocycles. The minimum atomic E-state index is -4.52. The third-order valence-electron chi connectivity index (χ3n) is 5.42. The molecule has 1 aromatic carbocycles. The summed E-state index contributed by atoms with van der Waals surface area (Å²) in [6.45, 7) is 2.29. The molecule has 1 saturated heterocycles. The zero-order valence-electron chi connectivity index (χ0n) is 16.9. The Hall–Kier alpha value is -3.50. The Labute approximate surface area is 180 Å². The molecule has 2 atom stereocenters. The van der Waals surface area contributed by atoms with Gasteiger partial charge in [0.1, 0.15) is 12.1 Å². The number of carbonyl (C=O) groups excluding carboxylic acids is 1. The van der Waals surface area contributed by atoms with Crippen molar-refractivity contribution in [2.45, 2.75) is 38.0 Å². The van der Waals surface area contributed by atoms with Gasteiger partial charge in [-0.25, -0.2) is 19.3 Å². The zero-order valence-corrected chi connectivity index (χ0v) is 16.9. The van der Waals surface area contributed by atoms with Crippen molar-refractivity contribution in [3.8, 4) is 11.5 Å². The minimum absolute atomic E-state index is 0.0476. The summed E-state index contributed by atoms with van der Waals surface area (Å²) in [4.78, 5) is 26.5. The second-order valence-corrected chi connectivity index (χ2v) is 7.45. The average Bonchev–Trinajstić information content (AvgIpc) is 3.29. The lowest BCUT2D eigenvalue weighted by Gasteiger charge is -2.40. The van der Waals surface area contributed by atoms with Gasteiger partial charge < -0.3 is 14.6 Å². The summed E-state index contributed by atoms with van der Waals surface area (Å²) in [7, 11) is 0. The second-order valence-electron chi connectivity index (χ2n) is 7.45. The number of oxazole rings is 1. The van der Waals surface area contributed by atoms with Crippen LogP contribution in [0.4, 0.5) is 23.5 Å². The van der Waals surface area contributed by atoms with Crippen molar-refractivity contribution in [3.63, 3.8) is 0 Å². The van der Waals surface area contributed by atoms with Gasteiger partial charge in [0.2, 0.25) is 11.8 Å². The van der Waals surface area contributed by atoms with Gasteiger partial charge in [-0.3, -0.25) is 4.79 Å². The molecule has 0 spiro atoms. The van der Waals surface area contributed by atoms with Crippen molar-refractivity contribution < 1.29 is 26.8 Å². The van der Waals surface area contributed by atoms with Gasteiger partial charge in [0, 0.05) is 31.0 Å². The first-order chi connectivity index (χ1) is 15.2. The minimum Gasteiger partial charge on any atom is -0.445 e. The predicted octanol–water partition coefficient (Wildman–Crippen LogP) is 4.39. The summed E-state index contributed by atoms with van der Waals surface area (Å²) in [6.07, 6.45) is 0.981. The van der Waals surface area contributed by atoms with E-state index in [0.29, 0.717) is 31.8 Å². The summed E-state index contributed by atoms with van der Waals surface area (Å²) >= 11 is 0. The van der Waals surface area contributed by atoms with Crippen LogP contribution in [0.3, 0.4) is 0 Å². The number of hydrogen-bond acceptors (Lipinski definition) is 6. The molecule has 3 aromatic rings. The molecule has 1 aliphatic heterocycles. The van der Waals surface area contributed by atoms with E-state index < -0.39 is 17.6 Å². The van der Waals surface area contributed by atoms with Gasteiger partial charge in [-0.15, -0.1) is 0 Å². The fraction of sp³-hybridized carbons (Fsp3) is 0.333. The highest BCUT2D eigenvalue weighted by atomic mass is 19.4. The second kappa shape index (κ2) is 8.56. The van der Waals surface area contributed by atoms with Crippen LogP contribution < -0.4 is 5.32 Å². The van der Waals surface area contributed by atoms with Crippen LogP contribution in [0.1, 0.15) is 35.7 Å². The highest BCUT2D eigenvalue weighted by Gasteiger charge is 2.34. The molecule has 11 heteroatoms.